The van der Waals surface area contributed by atoms with Crippen molar-refractivity contribution in [2.75, 3.05) is 6.16 Å². The molecule has 1 aliphatic heterocycles. The second-order valence-electron chi connectivity index (χ2n) is 5.93. The molecule has 1 unspecified atom stereocenters. The second kappa shape index (κ2) is 8.98. The Labute approximate surface area is 155 Å². The van der Waals surface area contributed by atoms with E-state index in [1.807, 2.05) is 6.21 Å². The third-order valence-corrected chi connectivity index (χ3v) is 6.58. The van der Waals surface area contributed by atoms with Gasteiger partial charge in [-0.05, 0) is 54.1 Å². The molecule has 0 bridgehead atoms. The summed E-state index contributed by atoms with van der Waals surface area (Å²) in [6.45, 7) is 8.45. The Morgan fingerprint density at radius 3 is 2.74 bits per heavy atom. The van der Waals surface area contributed by atoms with Gasteiger partial charge in [0.2, 0.25) is 0 Å². The van der Waals surface area contributed by atoms with Crippen LogP contribution in [0.5, 0.6) is 0 Å². The van der Waals surface area contributed by atoms with Crippen molar-refractivity contribution in [1.29, 1.82) is 0 Å². The molecule has 1 atom stereocenters. The van der Waals surface area contributed by atoms with Gasteiger partial charge in [-0.2, -0.15) is 0 Å². The van der Waals surface area contributed by atoms with Crippen LogP contribution in [0.4, 0.5) is 5.69 Å². The van der Waals surface area contributed by atoms with Gasteiger partial charge in [-0.3, -0.25) is 4.99 Å². The van der Waals surface area contributed by atoms with E-state index < -0.39 is 0 Å². The molecule has 23 heavy (non-hydrogen) atoms. The van der Waals surface area contributed by atoms with Crippen LogP contribution in [0.25, 0.3) is 6.08 Å². The molecular formula is C19H26IN2P. The quantitative estimate of drug-likeness (QED) is 0.403. The fourth-order valence-corrected chi connectivity index (χ4v) is 4.34. The summed E-state index contributed by atoms with van der Waals surface area (Å²) >= 11 is 2.49. The average Bonchev–Trinajstić information content (AvgIpc) is 2.77. The number of nitrogens with two attached hydrogens (primary N) is 1. The zero-order chi connectivity index (χ0) is 16.8. The van der Waals surface area contributed by atoms with Crippen LogP contribution in [0.1, 0.15) is 55.7 Å². The summed E-state index contributed by atoms with van der Waals surface area (Å²) in [4.78, 5) is 4.81. The van der Waals surface area contributed by atoms with Gasteiger partial charge in [0.05, 0.1) is 5.69 Å². The van der Waals surface area contributed by atoms with Crippen LogP contribution in [0, 0.1) is 0 Å². The second-order valence-corrected chi connectivity index (χ2v) is 8.98. The minimum absolute atomic E-state index is 0.624. The summed E-state index contributed by atoms with van der Waals surface area (Å²) in [5.74, 6) is 0.624. The Balaban J connectivity index is 2.58. The van der Waals surface area contributed by atoms with E-state index in [1.165, 1.54) is 35.7 Å². The van der Waals surface area contributed by atoms with E-state index in [-0.39, 0.29) is 0 Å². The molecule has 2 N–H and O–H groups in total. The zero-order valence-electron chi connectivity index (χ0n) is 14.0. The first-order chi connectivity index (χ1) is 11.1. The van der Waals surface area contributed by atoms with Crippen molar-refractivity contribution in [2.45, 2.75) is 45.4 Å². The SMILES string of the molecule is C=C(N)C1=Cc2ccc(C(CC)CC)c(CCPI)c2N=CC1. The maximum absolute atomic E-state index is 5.91. The van der Waals surface area contributed by atoms with Gasteiger partial charge in [-0.15, -0.1) is 0 Å². The van der Waals surface area contributed by atoms with Gasteiger partial charge in [0.15, 0.2) is 0 Å². The van der Waals surface area contributed by atoms with Gasteiger partial charge >= 0.3 is 0 Å². The normalized spacial score (nSPS) is 14.2. The highest BCUT2D eigenvalue weighted by molar-refractivity contribution is 14.2. The summed E-state index contributed by atoms with van der Waals surface area (Å²) in [7, 11) is 0. The number of nitrogens with zero attached hydrogens (tertiary/aromatic N) is 1. The number of aliphatic imine (C=N–C) groups is 1. The molecule has 0 amide bonds. The lowest BCUT2D eigenvalue weighted by atomic mass is 9.86. The predicted molar refractivity (Wildman–Crippen MR) is 115 cm³/mol. The smallest absolute Gasteiger partial charge is 0.0733 e. The van der Waals surface area contributed by atoms with Crippen molar-refractivity contribution >= 4 is 46.2 Å². The van der Waals surface area contributed by atoms with E-state index in [4.69, 9.17) is 10.7 Å². The Hall–Kier alpha value is -0.670. The summed E-state index contributed by atoms with van der Waals surface area (Å²) in [5, 5.41) is 0. The minimum atomic E-state index is 0.624. The van der Waals surface area contributed by atoms with Crippen LogP contribution >= 0.6 is 28.3 Å². The van der Waals surface area contributed by atoms with E-state index in [2.05, 4.69) is 60.7 Å². The summed E-state index contributed by atoms with van der Waals surface area (Å²) in [6.07, 6.45) is 10.6. The number of fused-ring (bicyclic) bond motifs is 1. The maximum Gasteiger partial charge on any atom is 0.0733 e. The van der Waals surface area contributed by atoms with Crippen molar-refractivity contribution in [3.8, 4) is 0 Å². The molecule has 0 fully saturated rings. The molecule has 1 heterocycles. The highest BCUT2D eigenvalue weighted by atomic mass is 127. The molecule has 1 aromatic rings. The molecule has 0 aliphatic carbocycles. The first kappa shape index (κ1) is 18.7. The largest absolute Gasteiger partial charge is 0.399 e. The zero-order valence-corrected chi connectivity index (χ0v) is 17.2. The van der Waals surface area contributed by atoms with E-state index in [9.17, 15) is 0 Å². The van der Waals surface area contributed by atoms with Crippen molar-refractivity contribution < 1.29 is 0 Å². The molecule has 4 heteroatoms. The van der Waals surface area contributed by atoms with Crippen molar-refractivity contribution in [2.24, 2.45) is 10.7 Å². The summed E-state index contributed by atoms with van der Waals surface area (Å²) in [5.41, 5.74) is 12.9. The van der Waals surface area contributed by atoms with Crippen molar-refractivity contribution in [3.05, 3.63) is 46.7 Å². The molecule has 1 aliphatic rings. The van der Waals surface area contributed by atoms with Crippen LogP contribution in [0.15, 0.2) is 35.0 Å². The molecule has 0 saturated heterocycles. The van der Waals surface area contributed by atoms with E-state index in [0.29, 0.717) is 11.6 Å². The van der Waals surface area contributed by atoms with Gasteiger partial charge in [0.1, 0.15) is 0 Å². The lowest BCUT2D eigenvalue weighted by Gasteiger charge is -2.20. The van der Waals surface area contributed by atoms with E-state index in [0.717, 1.165) is 30.3 Å². The molecule has 0 saturated carbocycles. The first-order valence-corrected chi connectivity index (χ1v) is 12.6. The number of benzene rings is 1. The van der Waals surface area contributed by atoms with Crippen LogP contribution in [-0.2, 0) is 6.42 Å². The molecule has 1 aromatic carbocycles. The number of hydrogen-bond donors (Lipinski definition) is 1. The Kier molecular flexibility index (Phi) is 7.29. The molecule has 0 radical (unpaired) electrons. The van der Waals surface area contributed by atoms with Crippen LogP contribution in [0.2, 0.25) is 0 Å². The highest BCUT2D eigenvalue weighted by Crippen LogP contribution is 2.38. The van der Waals surface area contributed by atoms with Crippen LogP contribution in [0.3, 0.4) is 0 Å². The predicted octanol–water partition coefficient (Wildman–Crippen LogP) is 6.12. The maximum atomic E-state index is 5.91. The number of allylic oxidation sites excluding steroid dienone is 1. The molecule has 124 valence electrons. The highest BCUT2D eigenvalue weighted by Gasteiger charge is 2.18. The third kappa shape index (κ3) is 4.45. The molecule has 0 spiro atoms. The topological polar surface area (TPSA) is 38.4 Å². The molecule has 2 rings (SSSR count). The number of hydrogen-bond acceptors (Lipinski definition) is 2. The third-order valence-electron chi connectivity index (χ3n) is 4.52. The Bertz CT molecular complexity index is 631. The first-order valence-electron chi connectivity index (χ1n) is 8.29. The summed E-state index contributed by atoms with van der Waals surface area (Å²) in [6, 6.07) is 4.53. The fraction of sp³-hybridized carbons (Fsp3) is 0.421. The van der Waals surface area contributed by atoms with Crippen molar-refractivity contribution in [3.63, 3.8) is 0 Å². The lowest BCUT2D eigenvalue weighted by Crippen LogP contribution is -2.03. The van der Waals surface area contributed by atoms with Crippen LogP contribution in [-0.4, -0.2) is 12.4 Å². The fourth-order valence-electron chi connectivity index (χ4n) is 3.19. The van der Waals surface area contributed by atoms with Gasteiger partial charge in [-0.25, -0.2) is 0 Å². The van der Waals surface area contributed by atoms with E-state index in [1.54, 1.807) is 0 Å². The van der Waals surface area contributed by atoms with Gasteiger partial charge in [-0.1, -0.05) is 60.8 Å². The minimum Gasteiger partial charge on any atom is -0.399 e. The lowest BCUT2D eigenvalue weighted by molar-refractivity contribution is 0.636. The Morgan fingerprint density at radius 1 is 1.39 bits per heavy atom. The van der Waals surface area contributed by atoms with Gasteiger partial charge < -0.3 is 5.73 Å². The van der Waals surface area contributed by atoms with Gasteiger partial charge in [0.25, 0.3) is 0 Å². The number of halogens is 1. The van der Waals surface area contributed by atoms with Crippen LogP contribution < -0.4 is 5.73 Å². The Morgan fingerprint density at radius 2 is 2.13 bits per heavy atom. The monoisotopic (exact) mass is 440 g/mol. The molecule has 0 aromatic heterocycles. The van der Waals surface area contributed by atoms with E-state index >= 15 is 0 Å². The van der Waals surface area contributed by atoms with Gasteiger partial charge in [0, 0.05) is 23.9 Å². The molecular weight excluding hydrogens is 414 g/mol. The summed E-state index contributed by atoms with van der Waals surface area (Å²) < 4.78 is 0. The molecule has 2 nitrogen and oxygen atoms in total. The van der Waals surface area contributed by atoms with Crippen molar-refractivity contribution in [1.82, 2.24) is 0 Å². The average molecular weight is 440 g/mol. The standard InChI is InChI=1S/C19H26IN2P/c1-4-14(5-2)17-7-6-16-12-15(13(3)21)8-10-22-19(16)18(17)9-11-23-20/h6-7,10,12,14,23H,3-5,8-9,11,21H2,1-2H3. The number of rotatable bonds is 7.